The van der Waals surface area contributed by atoms with E-state index in [-0.39, 0.29) is 11.3 Å². The van der Waals surface area contributed by atoms with Crippen molar-refractivity contribution in [1.29, 1.82) is 0 Å². The standard InChI is InChI=1S/C16H16F3NO/c1-9-6-15(19)16(8-13(9)17)20-10(2)12-5-4-11(21-3)7-14(12)18/h4-8,10,20H,1-3H3. The number of benzene rings is 2. The Kier molecular flexibility index (Phi) is 4.40. The van der Waals surface area contributed by atoms with Crippen LogP contribution in [0, 0.1) is 24.4 Å². The van der Waals surface area contributed by atoms with Gasteiger partial charge in [0.25, 0.3) is 0 Å². The lowest BCUT2D eigenvalue weighted by Gasteiger charge is -2.18. The van der Waals surface area contributed by atoms with Gasteiger partial charge in [0.15, 0.2) is 0 Å². The van der Waals surface area contributed by atoms with Crippen molar-refractivity contribution in [3.8, 4) is 5.75 Å². The molecule has 112 valence electrons. The number of rotatable bonds is 4. The van der Waals surface area contributed by atoms with E-state index in [4.69, 9.17) is 4.74 Å². The van der Waals surface area contributed by atoms with Crippen molar-refractivity contribution in [2.24, 2.45) is 0 Å². The van der Waals surface area contributed by atoms with Crippen LogP contribution < -0.4 is 10.1 Å². The Morgan fingerprint density at radius 3 is 2.33 bits per heavy atom. The van der Waals surface area contributed by atoms with Crippen molar-refractivity contribution in [3.05, 3.63) is 58.9 Å². The van der Waals surface area contributed by atoms with E-state index >= 15 is 0 Å². The van der Waals surface area contributed by atoms with Crippen LogP contribution in [0.25, 0.3) is 0 Å². The quantitative estimate of drug-likeness (QED) is 0.890. The molecule has 1 unspecified atom stereocenters. The highest BCUT2D eigenvalue weighted by molar-refractivity contribution is 5.49. The highest BCUT2D eigenvalue weighted by Crippen LogP contribution is 2.27. The van der Waals surface area contributed by atoms with E-state index in [1.807, 2.05) is 0 Å². The summed E-state index contributed by atoms with van der Waals surface area (Å²) in [4.78, 5) is 0. The number of hydrogen-bond donors (Lipinski definition) is 1. The molecular formula is C16H16F3NO. The van der Waals surface area contributed by atoms with E-state index in [9.17, 15) is 13.2 Å². The first kappa shape index (κ1) is 15.2. The Morgan fingerprint density at radius 1 is 1.00 bits per heavy atom. The van der Waals surface area contributed by atoms with E-state index in [1.165, 1.54) is 20.1 Å². The highest BCUT2D eigenvalue weighted by Gasteiger charge is 2.15. The maximum Gasteiger partial charge on any atom is 0.146 e. The fourth-order valence-electron chi connectivity index (χ4n) is 2.05. The van der Waals surface area contributed by atoms with E-state index in [1.54, 1.807) is 19.1 Å². The zero-order valence-corrected chi connectivity index (χ0v) is 12.0. The average Bonchev–Trinajstić information content (AvgIpc) is 2.44. The summed E-state index contributed by atoms with van der Waals surface area (Å²) in [5, 5.41) is 2.78. The molecule has 0 aliphatic heterocycles. The fourth-order valence-corrected chi connectivity index (χ4v) is 2.05. The summed E-state index contributed by atoms with van der Waals surface area (Å²) >= 11 is 0. The molecule has 5 heteroatoms. The lowest BCUT2D eigenvalue weighted by atomic mass is 10.1. The Morgan fingerprint density at radius 2 is 1.71 bits per heavy atom. The van der Waals surface area contributed by atoms with Gasteiger partial charge in [0.05, 0.1) is 18.8 Å². The van der Waals surface area contributed by atoms with Gasteiger partial charge in [0, 0.05) is 17.7 Å². The number of anilines is 1. The van der Waals surface area contributed by atoms with Crippen LogP contribution in [0.3, 0.4) is 0 Å². The molecule has 0 saturated heterocycles. The normalized spacial score (nSPS) is 12.1. The number of methoxy groups -OCH3 is 1. The monoisotopic (exact) mass is 295 g/mol. The molecule has 21 heavy (non-hydrogen) atoms. The first-order valence-corrected chi connectivity index (χ1v) is 6.48. The van der Waals surface area contributed by atoms with Crippen LogP contribution >= 0.6 is 0 Å². The molecule has 0 saturated carbocycles. The predicted molar refractivity (Wildman–Crippen MR) is 76.1 cm³/mol. The van der Waals surface area contributed by atoms with Crippen molar-refractivity contribution in [3.63, 3.8) is 0 Å². The van der Waals surface area contributed by atoms with Gasteiger partial charge in [-0.3, -0.25) is 0 Å². The van der Waals surface area contributed by atoms with Crippen molar-refractivity contribution >= 4 is 5.69 Å². The minimum atomic E-state index is -0.574. The van der Waals surface area contributed by atoms with Crippen molar-refractivity contribution in [2.45, 2.75) is 19.9 Å². The zero-order chi connectivity index (χ0) is 15.6. The molecule has 0 aliphatic carbocycles. The van der Waals surface area contributed by atoms with Crippen molar-refractivity contribution in [2.75, 3.05) is 12.4 Å². The molecule has 0 fully saturated rings. The van der Waals surface area contributed by atoms with Gasteiger partial charge in [0.1, 0.15) is 23.2 Å². The molecule has 1 N–H and O–H groups in total. The Labute approximate surface area is 121 Å². The summed E-state index contributed by atoms with van der Waals surface area (Å²) in [6.07, 6.45) is 0. The third-order valence-corrected chi connectivity index (χ3v) is 3.29. The molecule has 0 heterocycles. The highest BCUT2D eigenvalue weighted by atomic mass is 19.1. The molecule has 0 bridgehead atoms. The van der Waals surface area contributed by atoms with Crippen LogP contribution in [-0.2, 0) is 0 Å². The Bertz CT molecular complexity index is 658. The van der Waals surface area contributed by atoms with Gasteiger partial charge in [-0.2, -0.15) is 0 Å². The van der Waals surface area contributed by atoms with Crippen LogP contribution in [0.4, 0.5) is 18.9 Å². The van der Waals surface area contributed by atoms with E-state index in [0.29, 0.717) is 11.3 Å². The molecule has 0 aromatic heterocycles. The summed E-state index contributed by atoms with van der Waals surface area (Å²) in [5.41, 5.74) is 0.568. The number of hydrogen-bond acceptors (Lipinski definition) is 2. The molecule has 2 aromatic rings. The van der Waals surface area contributed by atoms with E-state index in [0.717, 1.165) is 12.1 Å². The largest absolute Gasteiger partial charge is 0.497 e. The Hall–Kier alpha value is -2.17. The van der Waals surface area contributed by atoms with Gasteiger partial charge in [-0.1, -0.05) is 6.07 Å². The SMILES string of the molecule is COc1ccc(C(C)Nc2cc(F)c(C)cc2F)c(F)c1. The molecule has 0 amide bonds. The van der Waals surface area contributed by atoms with Gasteiger partial charge < -0.3 is 10.1 Å². The van der Waals surface area contributed by atoms with Crippen LogP contribution in [0.15, 0.2) is 30.3 Å². The van der Waals surface area contributed by atoms with E-state index < -0.39 is 23.5 Å². The number of nitrogens with one attached hydrogen (secondary N) is 1. The van der Waals surface area contributed by atoms with Crippen molar-refractivity contribution in [1.82, 2.24) is 0 Å². The lowest BCUT2D eigenvalue weighted by molar-refractivity contribution is 0.410. The summed E-state index contributed by atoms with van der Waals surface area (Å²) in [5.74, 6) is -1.16. The summed E-state index contributed by atoms with van der Waals surface area (Å²) in [7, 11) is 1.45. The molecule has 0 radical (unpaired) electrons. The summed E-state index contributed by atoms with van der Waals surface area (Å²) < 4.78 is 46.1. The Balaban J connectivity index is 2.26. The molecule has 2 aromatic carbocycles. The second-order valence-corrected chi connectivity index (χ2v) is 4.83. The predicted octanol–water partition coefficient (Wildman–Crippen LogP) is 4.59. The number of halogens is 3. The first-order valence-electron chi connectivity index (χ1n) is 6.48. The van der Waals surface area contributed by atoms with Gasteiger partial charge in [-0.05, 0) is 31.5 Å². The minimum Gasteiger partial charge on any atom is -0.497 e. The number of ether oxygens (including phenoxy) is 1. The molecule has 0 spiro atoms. The topological polar surface area (TPSA) is 21.3 Å². The summed E-state index contributed by atoms with van der Waals surface area (Å²) in [6.45, 7) is 3.15. The van der Waals surface area contributed by atoms with Crippen LogP contribution in [0.1, 0.15) is 24.1 Å². The summed E-state index contributed by atoms with van der Waals surface area (Å²) in [6, 6.07) is 6.07. The zero-order valence-electron chi connectivity index (χ0n) is 12.0. The molecular weight excluding hydrogens is 279 g/mol. The molecule has 0 aliphatic rings. The number of aryl methyl sites for hydroxylation is 1. The third-order valence-electron chi connectivity index (χ3n) is 3.29. The molecule has 1 atom stereocenters. The lowest BCUT2D eigenvalue weighted by Crippen LogP contribution is -2.10. The smallest absolute Gasteiger partial charge is 0.146 e. The fraction of sp³-hybridized carbons (Fsp3) is 0.250. The van der Waals surface area contributed by atoms with E-state index in [2.05, 4.69) is 5.32 Å². The van der Waals surface area contributed by atoms with Gasteiger partial charge >= 0.3 is 0 Å². The average molecular weight is 295 g/mol. The first-order chi connectivity index (χ1) is 9.92. The van der Waals surface area contributed by atoms with Crippen LogP contribution in [-0.4, -0.2) is 7.11 Å². The maximum atomic E-state index is 13.9. The molecule has 2 rings (SSSR count). The van der Waals surface area contributed by atoms with Gasteiger partial charge in [0.2, 0.25) is 0 Å². The van der Waals surface area contributed by atoms with Crippen LogP contribution in [0.5, 0.6) is 5.75 Å². The second kappa shape index (κ2) is 6.08. The van der Waals surface area contributed by atoms with Crippen molar-refractivity contribution < 1.29 is 17.9 Å². The third kappa shape index (κ3) is 3.29. The van der Waals surface area contributed by atoms with Gasteiger partial charge in [-0.25, -0.2) is 13.2 Å². The second-order valence-electron chi connectivity index (χ2n) is 4.83. The minimum absolute atomic E-state index is 0.000757. The molecule has 2 nitrogen and oxygen atoms in total. The van der Waals surface area contributed by atoms with Gasteiger partial charge in [-0.15, -0.1) is 0 Å². The maximum absolute atomic E-state index is 13.9. The van der Waals surface area contributed by atoms with Crippen LogP contribution in [0.2, 0.25) is 0 Å².